The number of H-pyrrole nitrogens is 1. The maximum atomic E-state index is 11.9. The average molecular weight is 305 g/mol. The lowest BCUT2D eigenvalue weighted by atomic mass is 9.85. The zero-order valence-corrected chi connectivity index (χ0v) is 13.3. The van der Waals surface area contributed by atoms with Crippen molar-refractivity contribution < 1.29 is 4.79 Å². The van der Waals surface area contributed by atoms with E-state index in [-0.39, 0.29) is 11.8 Å². The van der Waals surface area contributed by atoms with Gasteiger partial charge in [-0.3, -0.25) is 4.79 Å². The molecule has 21 heavy (non-hydrogen) atoms. The number of fused-ring (bicyclic) bond motifs is 1. The van der Waals surface area contributed by atoms with Crippen LogP contribution in [0.4, 0.5) is 0 Å². The number of aromatic nitrogens is 1. The zero-order valence-electron chi connectivity index (χ0n) is 12.5. The van der Waals surface area contributed by atoms with Crippen molar-refractivity contribution in [3.63, 3.8) is 0 Å². The van der Waals surface area contributed by atoms with Crippen LogP contribution in [0.25, 0.3) is 10.9 Å². The van der Waals surface area contributed by atoms with E-state index in [0.717, 1.165) is 40.0 Å². The van der Waals surface area contributed by atoms with Crippen molar-refractivity contribution in [1.29, 1.82) is 0 Å². The van der Waals surface area contributed by atoms with Crippen molar-refractivity contribution in [1.82, 2.24) is 10.3 Å². The molecule has 0 bridgehead atoms. The fraction of sp³-hybridized carbons (Fsp3) is 0.471. The van der Waals surface area contributed by atoms with Crippen LogP contribution in [0.1, 0.15) is 50.3 Å². The van der Waals surface area contributed by atoms with E-state index in [1.807, 2.05) is 6.07 Å². The number of hydrogen-bond donors (Lipinski definition) is 2. The molecule has 0 aliphatic heterocycles. The summed E-state index contributed by atoms with van der Waals surface area (Å²) in [6.07, 6.45) is 3.25. The average Bonchev–Trinajstić information content (AvgIpc) is 2.74. The molecule has 0 unspecified atom stereocenters. The van der Waals surface area contributed by atoms with Gasteiger partial charge in [0.25, 0.3) is 0 Å². The van der Waals surface area contributed by atoms with E-state index in [0.29, 0.717) is 12.5 Å². The molecule has 3 rings (SSSR count). The quantitative estimate of drug-likeness (QED) is 0.866. The SMILES string of the molecule is CC(C)c1cc2[nH]c(CNC(=O)C3CCC3)cc2cc1Cl. The minimum atomic E-state index is 0.181. The molecule has 1 saturated carbocycles. The molecule has 2 aromatic rings. The van der Waals surface area contributed by atoms with Crippen LogP contribution in [0.2, 0.25) is 5.02 Å². The third kappa shape index (κ3) is 2.93. The fourth-order valence-corrected chi connectivity index (χ4v) is 3.15. The minimum absolute atomic E-state index is 0.181. The third-order valence-corrected chi connectivity index (χ3v) is 4.67. The first-order valence-electron chi connectivity index (χ1n) is 7.63. The number of halogens is 1. The first-order chi connectivity index (χ1) is 10.0. The first kappa shape index (κ1) is 14.5. The molecular weight excluding hydrogens is 284 g/mol. The minimum Gasteiger partial charge on any atom is -0.357 e. The Labute approximate surface area is 130 Å². The second-order valence-corrected chi connectivity index (χ2v) is 6.66. The van der Waals surface area contributed by atoms with E-state index in [1.54, 1.807) is 0 Å². The standard InChI is InChI=1S/C17H21ClN2O/c1-10(2)14-8-16-12(7-15(14)18)6-13(20-16)9-19-17(21)11-4-3-5-11/h6-8,10-11,20H,3-5,9H2,1-2H3,(H,19,21). The Morgan fingerprint density at radius 3 is 2.76 bits per heavy atom. The summed E-state index contributed by atoms with van der Waals surface area (Å²) >= 11 is 6.32. The maximum absolute atomic E-state index is 11.9. The number of carbonyl (C=O) groups excluding carboxylic acids is 1. The normalized spacial score (nSPS) is 15.4. The van der Waals surface area contributed by atoms with Gasteiger partial charge in [-0.15, -0.1) is 0 Å². The highest BCUT2D eigenvalue weighted by Crippen LogP contribution is 2.30. The molecule has 1 aliphatic rings. The Hall–Kier alpha value is -1.48. The van der Waals surface area contributed by atoms with Gasteiger partial charge in [0, 0.05) is 27.5 Å². The van der Waals surface area contributed by atoms with Crippen molar-refractivity contribution in [2.45, 2.75) is 45.6 Å². The molecule has 2 N–H and O–H groups in total. The van der Waals surface area contributed by atoms with Crippen LogP contribution in [0.15, 0.2) is 18.2 Å². The predicted molar refractivity (Wildman–Crippen MR) is 86.6 cm³/mol. The highest BCUT2D eigenvalue weighted by Gasteiger charge is 2.24. The Morgan fingerprint density at radius 1 is 1.38 bits per heavy atom. The highest BCUT2D eigenvalue weighted by molar-refractivity contribution is 6.32. The molecule has 1 aromatic carbocycles. The number of amides is 1. The monoisotopic (exact) mass is 304 g/mol. The summed E-state index contributed by atoms with van der Waals surface area (Å²) in [5.74, 6) is 0.809. The summed E-state index contributed by atoms with van der Waals surface area (Å²) in [6, 6.07) is 6.17. The van der Waals surface area contributed by atoms with Crippen molar-refractivity contribution in [2.24, 2.45) is 5.92 Å². The fourth-order valence-electron chi connectivity index (χ4n) is 2.76. The maximum Gasteiger partial charge on any atom is 0.223 e. The second kappa shape index (κ2) is 5.72. The summed E-state index contributed by atoms with van der Waals surface area (Å²) in [7, 11) is 0. The summed E-state index contributed by atoms with van der Waals surface area (Å²) in [5.41, 5.74) is 3.25. The molecule has 4 heteroatoms. The largest absolute Gasteiger partial charge is 0.357 e. The van der Waals surface area contributed by atoms with Crippen LogP contribution in [-0.4, -0.2) is 10.9 Å². The third-order valence-electron chi connectivity index (χ3n) is 4.34. The van der Waals surface area contributed by atoms with Crippen molar-refractivity contribution >= 4 is 28.4 Å². The van der Waals surface area contributed by atoms with Crippen LogP contribution in [0, 0.1) is 5.92 Å². The van der Waals surface area contributed by atoms with E-state index in [4.69, 9.17) is 11.6 Å². The van der Waals surface area contributed by atoms with Gasteiger partial charge in [0.05, 0.1) is 6.54 Å². The Kier molecular flexibility index (Phi) is 3.94. The summed E-state index contributed by atoms with van der Waals surface area (Å²) in [5, 5.41) is 4.91. The first-order valence-corrected chi connectivity index (χ1v) is 8.01. The van der Waals surface area contributed by atoms with Gasteiger partial charge in [-0.05, 0) is 42.5 Å². The Morgan fingerprint density at radius 2 is 2.14 bits per heavy atom. The summed E-state index contributed by atoms with van der Waals surface area (Å²) in [4.78, 5) is 15.2. The number of hydrogen-bond acceptors (Lipinski definition) is 1. The van der Waals surface area contributed by atoms with Gasteiger partial charge in [-0.25, -0.2) is 0 Å². The molecule has 0 radical (unpaired) electrons. The van der Waals surface area contributed by atoms with Crippen LogP contribution >= 0.6 is 11.6 Å². The Balaban J connectivity index is 1.75. The van der Waals surface area contributed by atoms with E-state index >= 15 is 0 Å². The molecule has 112 valence electrons. The number of carbonyl (C=O) groups is 1. The van der Waals surface area contributed by atoms with E-state index in [1.165, 1.54) is 6.42 Å². The molecule has 0 saturated heterocycles. The van der Waals surface area contributed by atoms with Crippen LogP contribution in [0.3, 0.4) is 0 Å². The number of benzene rings is 1. The molecule has 1 amide bonds. The molecule has 0 atom stereocenters. The van der Waals surface area contributed by atoms with Crippen molar-refractivity contribution in [2.75, 3.05) is 0 Å². The lowest BCUT2D eigenvalue weighted by molar-refractivity contribution is -0.127. The molecule has 0 spiro atoms. The summed E-state index contributed by atoms with van der Waals surface area (Å²) < 4.78 is 0. The topological polar surface area (TPSA) is 44.9 Å². The lowest BCUT2D eigenvalue weighted by Crippen LogP contribution is -2.34. The second-order valence-electron chi connectivity index (χ2n) is 6.26. The number of nitrogens with one attached hydrogen (secondary N) is 2. The number of aromatic amines is 1. The number of rotatable bonds is 4. The molecule has 3 nitrogen and oxygen atoms in total. The van der Waals surface area contributed by atoms with Crippen LogP contribution < -0.4 is 5.32 Å². The molecule has 1 fully saturated rings. The van der Waals surface area contributed by atoms with Crippen molar-refractivity contribution in [3.05, 3.63) is 34.5 Å². The van der Waals surface area contributed by atoms with E-state index in [2.05, 4.69) is 36.3 Å². The molecule has 1 heterocycles. The Bertz CT molecular complexity index is 671. The van der Waals surface area contributed by atoms with Gasteiger partial charge in [-0.2, -0.15) is 0 Å². The summed E-state index contributed by atoms with van der Waals surface area (Å²) in [6.45, 7) is 4.82. The van der Waals surface area contributed by atoms with Crippen LogP contribution in [0.5, 0.6) is 0 Å². The highest BCUT2D eigenvalue weighted by atomic mass is 35.5. The smallest absolute Gasteiger partial charge is 0.223 e. The van der Waals surface area contributed by atoms with Gasteiger partial charge < -0.3 is 10.3 Å². The van der Waals surface area contributed by atoms with Gasteiger partial charge in [0.15, 0.2) is 0 Å². The van der Waals surface area contributed by atoms with Gasteiger partial charge in [-0.1, -0.05) is 31.9 Å². The van der Waals surface area contributed by atoms with E-state index < -0.39 is 0 Å². The predicted octanol–water partition coefficient (Wildman–Crippen LogP) is 4.36. The zero-order chi connectivity index (χ0) is 15.0. The van der Waals surface area contributed by atoms with E-state index in [9.17, 15) is 4.79 Å². The van der Waals surface area contributed by atoms with Crippen molar-refractivity contribution in [3.8, 4) is 0 Å². The van der Waals surface area contributed by atoms with Crippen LogP contribution in [-0.2, 0) is 11.3 Å². The molecular formula is C17H21ClN2O. The molecule has 1 aliphatic carbocycles. The van der Waals surface area contributed by atoms with Gasteiger partial charge >= 0.3 is 0 Å². The lowest BCUT2D eigenvalue weighted by Gasteiger charge is -2.23. The molecule has 1 aromatic heterocycles. The van der Waals surface area contributed by atoms with Gasteiger partial charge in [0.1, 0.15) is 0 Å². The van der Waals surface area contributed by atoms with Gasteiger partial charge in [0.2, 0.25) is 5.91 Å².